The summed E-state index contributed by atoms with van der Waals surface area (Å²) in [5, 5.41) is 12.7. The van der Waals surface area contributed by atoms with Crippen LogP contribution in [0.3, 0.4) is 0 Å². The summed E-state index contributed by atoms with van der Waals surface area (Å²) >= 11 is 1.60. The van der Waals surface area contributed by atoms with Gasteiger partial charge in [0.05, 0.1) is 10.7 Å². The van der Waals surface area contributed by atoms with Gasteiger partial charge in [-0.25, -0.2) is 10.1 Å². The number of carbonyl (C=O) groups excluding carboxylic acids is 1. The largest absolute Gasteiger partial charge is 0.487 e. The molecule has 3 heterocycles. The molecule has 1 aromatic carbocycles. The maximum Gasteiger partial charge on any atom is 0.250 e. The molecule has 1 aliphatic rings. The van der Waals surface area contributed by atoms with Crippen LogP contribution in [0.25, 0.3) is 6.08 Å². The Balaban J connectivity index is 1.31. The average Bonchev–Trinajstić information content (AvgIpc) is 3.41. The quantitative estimate of drug-likeness (QED) is 0.560. The first-order valence-electron chi connectivity index (χ1n) is 9.96. The summed E-state index contributed by atoms with van der Waals surface area (Å²) in [6, 6.07) is 7.56. The summed E-state index contributed by atoms with van der Waals surface area (Å²) in [7, 11) is 0. The van der Waals surface area contributed by atoms with Crippen molar-refractivity contribution in [2.75, 3.05) is 23.3 Å². The Morgan fingerprint density at radius 2 is 2.17 bits per heavy atom. The van der Waals surface area contributed by atoms with Gasteiger partial charge in [-0.3, -0.25) is 10.1 Å². The van der Waals surface area contributed by atoms with Gasteiger partial charge in [-0.15, -0.1) is 16.4 Å². The van der Waals surface area contributed by atoms with Crippen molar-refractivity contribution in [3.63, 3.8) is 0 Å². The van der Waals surface area contributed by atoms with Gasteiger partial charge < -0.3 is 9.64 Å². The minimum atomic E-state index is -0.277. The molecule has 4 rings (SSSR count). The number of H-pyrrole nitrogens is 1. The van der Waals surface area contributed by atoms with Gasteiger partial charge in [0.1, 0.15) is 12.4 Å². The van der Waals surface area contributed by atoms with Gasteiger partial charge in [0, 0.05) is 24.5 Å². The van der Waals surface area contributed by atoms with Crippen LogP contribution >= 0.6 is 11.3 Å². The molecule has 0 saturated carbocycles. The summed E-state index contributed by atoms with van der Waals surface area (Å²) in [5.74, 6) is 1.43. The minimum Gasteiger partial charge on any atom is -0.487 e. The topological polar surface area (TPSA) is 96.0 Å². The van der Waals surface area contributed by atoms with Gasteiger partial charge in [-0.05, 0) is 50.0 Å². The molecular formula is C21H24N6O2S. The second-order valence-corrected chi connectivity index (χ2v) is 8.14. The van der Waals surface area contributed by atoms with E-state index < -0.39 is 0 Å². The predicted octanol–water partition coefficient (Wildman–Crippen LogP) is 3.79. The van der Waals surface area contributed by atoms with Crippen LogP contribution in [0.2, 0.25) is 0 Å². The van der Waals surface area contributed by atoms with Crippen LogP contribution in [0, 0.1) is 6.92 Å². The van der Waals surface area contributed by atoms with Crippen molar-refractivity contribution in [1.29, 1.82) is 0 Å². The number of aryl methyl sites for hydroxylation is 1. The number of aromatic amines is 1. The van der Waals surface area contributed by atoms with Crippen LogP contribution in [0.15, 0.2) is 35.7 Å². The molecular weight excluding hydrogens is 400 g/mol. The molecule has 0 unspecified atom stereocenters. The second kappa shape index (κ2) is 9.53. The van der Waals surface area contributed by atoms with Crippen molar-refractivity contribution in [2.45, 2.75) is 32.8 Å². The van der Waals surface area contributed by atoms with Crippen LogP contribution in [0.1, 0.15) is 35.5 Å². The zero-order chi connectivity index (χ0) is 20.8. The summed E-state index contributed by atoms with van der Waals surface area (Å²) < 4.78 is 5.79. The zero-order valence-corrected chi connectivity index (χ0v) is 17.6. The van der Waals surface area contributed by atoms with Crippen LogP contribution < -0.4 is 15.0 Å². The Labute approximate surface area is 179 Å². The summed E-state index contributed by atoms with van der Waals surface area (Å²) in [5.41, 5.74) is 1.78. The lowest BCUT2D eigenvalue weighted by Crippen LogP contribution is -2.30. The van der Waals surface area contributed by atoms with Gasteiger partial charge in [0.25, 0.3) is 5.91 Å². The fourth-order valence-corrected chi connectivity index (χ4v) is 3.81. The fraction of sp³-hybridized carbons (Fsp3) is 0.333. The number of rotatable bonds is 7. The van der Waals surface area contributed by atoms with E-state index in [2.05, 4.69) is 30.4 Å². The number of hydrogen-bond donors (Lipinski definition) is 2. The molecule has 9 heteroatoms. The zero-order valence-electron chi connectivity index (χ0n) is 16.8. The minimum absolute atomic E-state index is 0.277. The van der Waals surface area contributed by atoms with Crippen molar-refractivity contribution in [3.8, 4) is 5.75 Å². The van der Waals surface area contributed by atoms with Gasteiger partial charge in [-0.2, -0.15) is 4.98 Å². The van der Waals surface area contributed by atoms with Crippen LogP contribution in [0.5, 0.6) is 5.75 Å². The van der Waals surface area contributed by atoms with E-state index >= 15 is 0 Å². The fourth-order valence-electron chi connectivity index (χ4n) is 3.21. The van der Waals surface area contributed by atoms with E-state index in [1.807, 2.05) is 36.6 Å². The van der Waals surface area contributed by atoms with Crippen molar-refractivity contribution in [3.05, 3.63) is 52.0 Å². The Morgan fingerprint density at radius 3 is 2.97 bits per heavy atom. The number of hydrogen-bond acceptors (Lipinski definition) is 7. The molecule has 8 nitrogen and oxygen atoms in total. The van der Waals surface area contributed by atoms with E-state index in [4.69, 9.17) is 4.74 Å². The van der Waals surface area contributed by atoms with Crippen molar-refractivity contribution in [1.82, 2.24) is 20.2 Å². The van der Waals surface area contributed by atoms with Crippen molar-refractivity contribution in [2.24, 2.45) is 0 Å². The van der Waals surface area contributed by atoms with E-state index in [-0.39, 0.29) is 5.91 Å². The highest BCUT2D eigenvalue weighted by molar-refractivity contribution is 7.09. The Hall–Kier alpha value is -3.20. The Bertz CT molecular complexity index is 1020. The number of benzene rings is 1. The highest BCUT2D eigenvalue weighted by atomic mass is 32.1. The van der Waals surface area contributed by atoms with E-state index in [9.17, 15) is 4.79 Å². The lowest BCUT2D eigenvalue weighted by Gasteiger charge is -2.24. The third-order valence-corrected chi connectivity index (χ3v) is 5.51. The number of thiazole rings is 1. The SMILES string of the molecule is Cc1nc(COc2cccc(/C=C/C(=O)Nc3nc(N4CCCCC4)n[nH]3)c2)cs1. The third kappa shape index (κ3) is 5.44. The number of carbonyl (C=O) groups is 1. The summed E-state index contributed by atoms with van der Waals surface area (Å²) in [6.07, 6.45) is 6.73. The first-order chi connectivity index (χ1) is 14.7. The molecule has 3 aromatic rings. The molecule has 1 fully saturated rings. The average molecular weight is 425 g/mol. The normalized spacial score (nSPS) is 14.2. The number of aromatic nitrogens is 4. The monoisotopic (exact) mass is 424 g/mol. The second-order valence-electron chi connectivity index (χ2n) is 7.07. The van der Waals surface area contributed by atoms with E-state index in [1.165, 1.54) is 12.5 Å². The Morgan fingerprint density at radius 1 is 1.30 bits per heavy atom. The number of piperidine rings is 1. The number of anilines is 2. The standard InChI is InChI=1S/C21H24N6O2S/c1-15-22-17(14-30-15)13-29-18-7-5-6-16(12-18)8-9-19(28)23-20-24-21(26-25-20)27-10-3-2-4-11-27/h5-9,12,14H,2-4,10-11,13H2,1H3,(H2,23,24,25,26,28)/b9-8+. The van der Waals surface area contributed by atoms with Crippen LogP contribution in [0.4, 0.5) is 11.9 Å². The molecule has 1 saturated heterocycles. The molecule has 1 amide bonds. The highest BCUT2D eigenvalue weighted by Crippen LogP contribution is 2.18. The molecule has 30 heavy (non-hydrogen) atoms. The van der Waals surface area contributed by atoms with E-state index in [0.29, 0.717) is 18.5 Å². The molecule has 1 aliphatic heterocycles. The number of amides is 1. The molecule has 2 aromatic heterocycles. The number of ether oxygens (including phenoxy) is 1. The Kier molecular flexibility index (Phi) is 6.38. The molecule has 0 atom stereocenters. The number of nitrogens with one attached hydrogen (secondary N) is 2. The van der Waals surface area contributed by atoms with Gasteiger partial charge in [0.15, 0.2) is 0 Å². The lowest BCUT2D eigenvalue weighted by atomic mass is 10.1. The van der Waals surface area contributed by atoms with Crippen LogP contribution in [-0.4, -0.2) is 39.2 Å². The summed E-state index contributed by atoms with van der Waals surface area (Å²) in [4.78, 5) is 23.1. The van der Waals surface area contributed by atoms with Gasteiger partial charge in [-0.1, -0.05) is 12.1 Å². The summed E-state index contributed by atoms with van der Waals surface area (Å²) in [6.45, 7) is 4.29. The molecule has 0 aliphatic carbocycles. The van der Waals surface area contributed by atoms with Crippen LogP contribution in [-0.2, 0) is 11.4 Å². The van der Waals surface area contributed by atoms with Gasteiger partial charge in [0.2, 0.25) is 11.9 Å². The molecule has 2 N–H and O–H groups in total. The molecule has 156 valence electrons. The molecule has 0 radical (unpaired) electrons. The van der Waals surface area contributed by atoms with Gasteiger partial charge >= 0.3 is 0 Å². The van der Waals surface area contributed by atoms with E-state index in [1.54, 1.807) is 17.4 Å². The number of nitrogens with zero attached hydrogens (tertiary/aromatic N) is 4. The first-order valence-corrected chi connectivity index (χ1v) is 10.8. The molecule has 0 spiro atoms. The lowest BCUT2D eigenvalue weighted by molar-refractivity contribution is -0.111. The first kappa shape index (κ1) is 20.1. The predicted molar refractivity (Wildman–Crippen MR) is 118 cm³/mol. The van der Waals surface area contributed by atoms with E-state index in [0.717, 1.165) is 47.9 Å². The third-order valence-electron chi connectivity index (χ3n) is 4.69. The molecule has 0 bridgehead atoms. The van der Waals surface area contributed by atoms with Crippen molar-refractivity contribution < 1.29 is 9.53 Å². The maximum absolute atomic E-state index is 12.2. The highest BCUT2D eigenvalue weighted by Gasteiger charge is 2.15. The maximum atomic E-state index is 12.2. The smallest absolute Gasteiger partial charge is 0.250 e. The van der Waals surface area contributed by atoms with Crippen molar-refractivity contribution >= 4 is 35.2 Å².